The van der Waals surface area contributed by atoms with Crippen LogP contribution < -0.4 is 4.74 Å². The fourth-order valence-corrected chi connectivity index (χ4v) is 2.07. The summed E-state index contributed by atoms with van der Waals surface area (Å²) < 4.78 is 5.21. The van der Waals surface area contributed by atoms with Gasteiger partial charge in [-0.25, -0.2) is 0 Å². The molecule has 0 aliphatic carbocycles. The van der Waals surface area contributed by atoms with E-state index in [1.165, 1.54) is 0 Å². The van der Waals surface area contributed by atoms with Crippen LogP contribution in [0.15, 0.2) is 23.1 Å². The Labute approximate surface area is 99.8 Å². The quantitative estimate of drug-likeness (QED) is 0.804. The highest BCUT2D eigenvalue weighted by Gasteiger charge is 2.12. The van der Waals surface area contributed by atoms with Crippen LogP contribution in [0, 0.1) is 5.92 Å². The molecule has 1 atom stereocenters. The Bertz CT molecular complexity index is 377. The molecule has 0 spiro atoms. The van der Waals surface area contributed by atoms with Crippen LogP contribution in [-0.4, -0.2) is 24.4 Å². The number of carboxylic acids is 1. The van der Waals surface area contributed by atoms with Gasteiger partial charge in [0.15, 0.2) is 0 Å². The third-order valence-corrected chi connectivity index (χ3v) is 3.17. The van der Waals surface area contributed by atoms with Crippen molar-refractivity contribution >= 4 is 17.7 Å². The third-order valence-electron chi connectivity index (χ3n) is 2.41. The van der Waals surface area contributed by atoms with E-state index in [1.54, 1.807) is 25.8 Å². The lowest BCUT2D eigenvalue weighted by molar-refractivity contribution is -0.141. The molecule has 3 nitrogen and oxygen atoms in total. The molecule has 0 aromatic heterocycles. The molecule has 0 aliphatic heterocycles. The number of rotatable bonds is 5. The predicted molar refractivity (Wildman–Crippen MR) is 65.3 cm³/mol. The topological polar surface area (TPSA) is 46.5 Å². The number of carboxylic acid groups (broad SMARTS) is 1. The summed E-state index contributed by atoms with van der Waals surface area (Å²) in [6, 6.07) is 5.79. The molecule has 0 radical (unpaired) electrons. The van der Waals surface area contributed by atoms with Crippen LogP contribution >= 0.6 is 11.8 Å². The summed E-state index contributed by atoms with van der Waals surface area (Å²) in [6.07, 6.45) is 2.52. The fourth-order valence-electron chi connectivity index (χ4n) is 1.45. The maximum absolute atomic E-state index is 10.8. The van der Waals surface area contributed by atoms with Crippen LogP contribution in [0.5, 0.6) is 5.75 Å². The molecular formula is C12H16O3S. The van der Waals surface area contributed by atoms with Gasteiger partial charge in [0, 0.05) is 4.90 Å². The van der Waals surface area contributed by atoms with Gasteiger partial charge in [-0.3, -0.25) is 4.79 Å². The highest BCUT2D eigenvalue weighted by atomic mass is 32.2. The number of thioether (sulfide) groups is 1. The molecule has 1 aromatic carbocycles. The highest BCUT2D eigenvalue weighted by Crippen LogP contribution is 2.29. The third kappa shape index (κ3) is 3.17. The molecule has 0 bridgehead atoms. The Morgan fingerprint density at radius 1 is 1.56 bits per heavy atom. The highest BCUT2D eigenvalue weighted by molar-refractivity contribution is 7.98. The number of ether oxygens (including phenoxy) is 1. The molecule has 16 heavy (non-hydrogen) atoms. The van der Waals surface area contributed by atoms with Crippen molar-refractivity contribution in [1.82, 2.24) is 0 Å². The van der Waals surface area contributed by atoms with Gasteiger partial charge in [-0.05, 0) is 30.4 Å². The fraction of sp³-hybridized carbons (Fsp3) is 0.417. The number of hydrogen-bond donors (Lipinski definition) is 1. The van der Waals surface area contributed by atoms with Gasteiger partial charge < -0.3 is 9.84 Å². The van der Waals surface area contributed by atoms with Crippen molar-refractivity contribution in [1.29, 1.82) is 0 Å². The molecule has 0 aliphatic rings. The molecule has 0 saturated heterocycles. The molecule has 1 N–H and O–H groups in total. The molecule has 1 aromatic rings. The van der Waals surface area contributed by atoms with Crippen LogP contribution in [0.4, 0.5) is 0 Å². The van der Waals surface area contributed by atoms with E-state index in [4.69, 9.17) is 9.84 Å². The Hall–Kier alpha value is -1.16. The van der Waals surface area contributed by atoms with Gasteiger partial charge >= 0.3 is 5.97 Å². The van der Waals surface area contributed by atoms with Crippen molar-refractivity contribution in [3.8, 4) is 5.75 Å². The average molecular weight is 240 g/mol. The predicted octanol–water partition coefficient (Wildman–Crippen LogP) is 2.68. The Kier molecular flexibility index (Phi) is 4.68. The zero-order valence-corrected chi connectivity index (χ0v) is 10.5. The van der Waals surface area contributed by atoms with Crippen molar-refractivity contribution < 1.29 is 14.6 Å². The van der Waals surface area contributed by atoms with Crippen LogP contribution in [0.2, 0.25) is 0 Å². The summed E-state index contributed by atoms with van der Waals surface area (Å²) in [5, 5.41) is 8.84. The van der Waals surface area contributed by atoms with Crippen LogP contribution in [-0.2, 0) is 11.2 Å². The van der Waals surface area contributed by atoms with Gasteiger partial charge in [0.25, 0.3) is 0 Å². The van der Waals surface area contributed by atoms with Gasteiger partial charge in [-0.15, -0.1) is 11.8 Å². The van der Waals surface area contributed by atoms with Gasteiger partial charge in [0.05, 0.1) is 13.0 Å². The van der Waals surface area contributed by atoms with Crippen LogP contribution in [0.3, 0.4) is 0 Å². The molecule has 0 fully saturated rings. The maximum Gasteiger partial charge on any atom is 0.306 e. The molecule has 88 valence electrons. The number of benzene rings is 1. The van der Waals surface area contributed by atoms with E-state index in [9.17, 15) is 4.79 Å². The van der Waals surface area contributed by atoms with E-state index in [1.807, 2.05) is 24.5 Å². The SMILES string of the molecule is COc1ccc(CC(C)C(=O)O)cc1SC. The smallest absolute Gasteiger partial charge is 0.306 e. The standard InChI is InChI=1S/C12H16O3S/c1-8(12(13)14)6-9-4-5-10(15-2)11(7-9)16-3/h4-5,7-8H,6H2,1-3H3,(H,13,14). The Balaban J connectivity index is 2.86. The van der Waals surface area contributed by atoms with Gasteiger partial charge in [-0.1, -0.05) is 13.0 Å². The van der Waals surface area contributed by atoms with E-state index in [2.05, 4.69) is 0 Å². The largest absolute Gasteiger partial charge is 0.496 e. The van der Waals surface area contributed by atoms with Crippen LogP contribution in [0.25, 0.3) is 0 Å². The second kappa shape index (κ2) is 5.80. The van der Waals surface area contributed by atoms with E-state index in [-0.39, 0.29) is 5.92 Å². The monoisotopic (exact) mass is 240 g/mol. The first-order valence-corrected chi connectivity index (χ1v) is 6.24. The minimum Gasteiger partial charge on any atom is -0.496 e. The zero-order valence-electron chi connectivity index (χ0n) is 9.69. The normalized spacial score (nSPS) is 12.2. The first-order chi connectivity index (χ1) is 7.58. The van der Waals surface area contributed by atoms with Crippen molar-refractivity contribution in [2.75, 3.05) is 13.4 Å². The maximum atomic E-state index is 10.8. The van der Waals surface area contributed by atoms with Gasteiger partial charge in [0.1, 0.15) is 5.75 Å². The average Bonchev–Trinajstić information content (AvgIpc) is 2.28. The minimum absolute atomic E-state index is 0.358. The summed E-state index contributed by atoms with van der Waals surface area (Å²) in [6.45, 7) is 1.71. The number of aliphatic carboxylic acids is 1. The lowest BCUT2D eigenvalue weighted by atomic mass is 10.0. The van der Waals surface area contributed by atoms with E-state index in [0.717, 1.165) is 16.2 Å². The Morgan fingerprint density at radius 2 is 2.25 bits per heavy atom. The lowest BCUT2D eigenvalue weighted by Crippen LogP contribution is -2.12. The summed E-state index contributed by atoms with van der Waals surface area (Å²) >= 11 is 1.60. The lowest BCUT2D eigenvalue weighted by Gasteiger charge is -2.10. The summed E-state index contributed by atoms with van der Waals surface area (Å²) in [7, 11) is 1.63. The summed E-state index contributed by atoms with van der Waals surface area (Å²) in [5.41, 5.74) is 1.03. The van der Waals surface area contributed by atoms with Crippen LogP contribution in [0.1, 0.15) is 12.5 Å². The minimum atomic E-state index is -0.762. The second-order valence-electron chi connectivity index (χ2n) is 3.63. The van der Waals surface area contributed by atoms with Gasteiger partial charge in [0.2, 0.25) is 0 Å². The van der Waals surface area contributed by atoms with E-state index >= 15 is 0 Å². The number of carbonyl (C=O) groups is 1. The molecular weight excluding hydrogens is 224 g/mol. The summed E-state index contributed by atoms with van der Waals surface area (Å²) in [5.74, 6) is -0.288. The number of methoxy groups -OCH3 is 1. The Morgan fingerprint density at radius 3 is 2.75 bits per heavy atom. The molecule has 0 amide bonds. The van der Waals surface area contributed by atoms with Crippen molar-refractivity contribution in [3.05, 3.63) is 23.8 Å². The molecule has 0 saturated carbocycles. The summed E-state index contributed by atoms with van der Waals surface area (Å²) in [4.78, 5) is 11.8. The van der Waals surface area contributed by atoms with Crippen molar-refractivity contribution in [2.45, 2.75) is 18.2 Å². The van der Waals surface area contributed by atoms with Crippen molar-refractivity contribution in [3.63, 3.8) is 0 Å². The number of hydrogen-bond acceptors (Lipinski definition) is 3. The first kappa shape index (κ1) is 12.9. The zero-order chi connectivity index (χ0) is 12.1. The van der Waals surface area contributed by atoms with E-state index in [0.29, 0.717) is 6.42 Å². The first-order valence-electron chi connectivity index (χ1n) is 5.02. The van der Waals surface area contributed by atoms with E-state index < -0.39 is 5.97 Å². The van der Waals surface area contributed by atoms with Gasteiger partial charge in [-0.2, -0.15) is 0 Å². The molecule has 1 rings (SSSR count). The molecule has 1 unspecified atom stereocenters. The molecule has 0 heterocycles. The van der Waals surface area contributed by atoms with Crippen molar-refractivity contribution in [2.24, 2.45) is 5.92 Å². The second-order valence-corrected chi connectivity index (χ2v) is 4.48. The molecule has 4 heteroatoms.